The van der Waals surface area contributed by atoms with Crippen LogP contribution in [0.5, 0.6) is 5.75 Å². The van der Waals surface area contributed by atoms with Crippen molar-refractivity contribution in [2.24, 2.45) is 0 Å². The summed E-state index contributed by atoms with van der Waals surface area (Å²) in [5.74, 6) is 0.203. The number of aryl methyl sites for hydroxylation is 1. The number of carbonyl (C=O) groups is 1. The van der Waals surface area contributed by atoms with E-state index in [0.717, 1.165) is 11.1 Å². The molecule has 2 unspecified atom stereocenters. The molecule has 0 aromatic heterocycles. The van der Waals surface area contributed by atoms with Gasteiger partial charge in [-0.05, 0) is 44.0 Å². The maximum absolute atomic E-state index is 12.3. The molecule has 23 heavy (non-hydrogen) atoms. The van der Waals surface area contributed by atoms with Crippen molar-refractivity contribution in [2.75, 3.05) is 0 Å². The highest BCUT2D eigenvalue weighted by Crippen LogP contribution is 2.20. The minimum absolute atomic E-state index is 0.110. The van der Waals surface area contributed by atoms with Crippen LogP contribution in [0.2, 0.25) is 0 Å². The number of nitrogens with one attached hydrogen (secondary N) is 1. The van der Waals surface area contributed by atoms with Gasteiger partial charge in [0.2, 0.25) is 0 Å². The summed E-state index contributed by atoms with van der Waals surface area (Å²) in [6.07, 6.45) is -0.684. The molecule has 0 heterocycles. The molecule has 0 saturated carbocycles. The molecule has 118 valence electrons. The van der Waals surface area contributed by atoms with Gasteiger partial charge in [-0.15, -0.1) is 0 Å². The molecule has 2 atom stereocenters. The summed E-state index contributed by atoms with van der Waals surface area (Å²) in [4.78, 5) is 12.3. The lowest BCUT2D eigenvalue weighted by Gasteiger charge is -2.20. The van der Waals surface area contributed by atoms with E-state index in [0.29, 0.717) is 11.3 Å². The van der Waals surface area contributed by atoms with Crippen LogP contribution in [0.3, 0.4) is 0 Å². The number of nitrogens with zero attached hydrogens (tertiary/aromatic N) is 1. The third kappa shape index (κ3) is 4.10. The smallest absolute Gasteiger partial charge is 0.261 e. The van der Waals surface area contributed by atoms with Crippen molar-refractivity contribution in [3.05, 3.63) is 65.2 Å². The summed E-state index contributed by atoms with van der Waals surface area (Å²) in [5, 5.41) is 12.0. The maximum atomic E-state index is 12.3. The first-order chi connectivity index (χ1) is 11.0. The Balaban J connectivity index is 2.03. The fourth-order valence-corrected chi connectivity index (χ4v) is 2.39. The Hall–Kier alpha value is -2.80. The van der Waals surface area contributed by atoms with Crippen LogP contribution in [-0.2, 0) is 4.79 Å². The number of hydrogen-bond donors (Lipinski definition) is 1. The molecular weight excluding hydrogens is 288 g/mol. The zero-order valence-electron chi connectivity index (χ0n) is 13.5. The van der Waals surface area contributed by atoms with Gasteiger partial charge < -0.3 is 10.1 Å². The van der Waals surface area contributed by atoms with Crippen molar-refractivity contribution < 1.29 is 9.53 Å². The van der Waals surface area contributed by atoms with Gasteiger partial charge >= 0.3 is 0 Å². The third-order valence-corrected chi connectivity index (χ3v) is 3.69. The van der Waals surface area contributed by atoms with E-state index >= 15 is 0 Å². The van der Waals surface area contributed by atoms with E-state index < -0.39 is 6.10 Å². The summed E-state index contributed by atoms with van der Waals surface area (Å²) < 4.78 is 5.63. The predicted octanol–water partition coefficient (Wildman–Crippen LogP) is 3.51. The van der Waals surface area contributed by atoms with Gasteiger partial charge in [0, 0.05) is 0 Å². The predicted molar refractivity (Wildman–Crippen MR) is 89.0 cm³/mol. The first-order valence-electron chi connectivity index (χ1n) is 7.54. The standard InChI is InChI=1S/C19H20N2O2/c1-13-8-4-6-10-17(13)14(2)21-19(22)15(3)23-18-11-7-5-9-16(18)12-20/h4-11,14-15H,1-3H3,(H,21,22). The molecule has 0 aliphatic carbocycles. The molecule has 0 fully saturated rings. The number of benzene rings is 2. The molecule has 4 heteroatoms. The molecule has 0 bridgehead atoms. The Morgan fingerprint density at radius 3 is 2.48 bits per heavy atom. The fourth-order valence-electron chi connectivity index (χ4n) is 2.39. The lowest BCUT2D eigenvalue weighted by atomic mass is 10.0. The minimum Gasteiger partial charge on any atom is -0.480 e. The lowest BCUT2D eigenvalue weighted by molar-refractivity contribution is -0.127. The van der Waals surface area contributed by atoms with E-state index in [9.17, 15) is 4.79 Å². The maximum Gasteiger partial charge on any atom is 0.261 e. The highest BCUT2D eigenvalue weighted by Gasteiger charge is 2.19. The molecule has 1 N–H and O–H groups in total. The largest absolute Gasteiger partial charge is 0.480 e. The number of hydrogen-bond acceptors (Lipinski definition) is 3. The fraction of sp³-hybridized carbons (Fsp3) is 0.263. The Morgan fingerprint density at radius 1 is 1.13 bits per heavy atom. The SMILES string of the molecule is Cc1ccccc1C(C)NC(=O)C(C)Oc1ccccc1C#N. The van der Waals surface area contributed by atoms with E-state index in [1.165, 1.54) is 0 Å². The van der Waals surface area contributed by atoms with E-state index in [4.69, 9.17) is 10.00 Å². The molecule has 0 aliphatic rings. The quantitative estimate of drug-likeness (QED) is 0.919. The minimum atomic E-state index is -0.684. The molecule has 0 saturated heterocycles. The highest BCUT2D eigenvalue weighted by molar-refractivity contribution is 5.81. The Labute approximate surface area is 136 Å². The first kappa shape index (κ1) is 16.6. The zero-order chi connectivity index (χ0) is 16.8. The van der Waals surface area contributed by atoms with Gasteiger partial charge in [-0.3, -0.25) is 4.79 Å². The van der Waals surface area contributed by atoms with Crippen molar-refractivity contribution in [1.29, 1.82) is 5.26 Å². The number of rotatable bonds is 5. The van der Waals surface area contributed by atoms with Crippen LogP contribution in [0.25, 0.3) is 0 Å². The molecule has 0 spiro atoms. The summed E-state index contributed by atoms with van der Waals surface area (Å²) in [5.41, 5.74) is 2.62. The van der Waals surface area contributed by atoms with Crippen molar-refractivity contribution in [2.45, 2.75) is 32.9 Å². The van der Waals surface area contributed by atoms with Crippen LogP contribution in [0.15, 0.2) is 48.5 Å². The van der Waals surface area contributed by atoms with Crippen LogP contribution in [-0.4, -0.2) is 12.0 Å². The van der Waals surface area contributed by atoms with E-state index in [1.54, 1.807) is 31.2 Å². The van der Waals surface area contributed by atoms with E-state index in [2.05, 4.69) is 11.4 Å². The van der Waals surface area contributed by atoms with Crippen molar-refractivity contribution in [3.63, 3.8) is 0 Å². The van der Waals surface area contributed by atoms with Gasteiger partial charge in [-0.25, -0.2) is 0 Å². The number of ether oxygens (including phenoxy) is 1. The van der Waals surface area contributed by atoms with Gasteiger partial charge in [-0.1, -0.05) is 36.4 Å². The van der Waals surface area contributed by atoms with Gasteiger partial charge in [0.15, 0.2) is 6.10 Å². The van der Waals surface area contributed by atoms with Crippen molar-refractivity contribution in [1.82, 2.24) is 5.32 Å². The molecule has 0 aliphatic heterocycles. The zero-order valence-corrected chi connectivity index (χ0v) is 13.5. The third-order valence-electron chi connectivity index (χ3n) is 3.69. The Morgan fingerprint density at radius 2 is 1.78 bits per heavy atom. The van der Waals surface area contributed by atoms with Crippen molar-refractivity contribution in [3.8, 4) is 11.8 Å². The van der Waals surface area contributed by atoms with Crippen LogP contribution < -0.4 is 10.1 Å². The number of nitriles is 1. The summed E-state index contributed by atoms with van der Waals surface area (Å²) in [7, 11) is 0. The highest BCUT2D eigenvalue weighted by atomic mass is 16.5. The normalized spacial score (nSPS) is 12.8. The topological polar surface area (TPSA) is 62.1 Å². The summed E-state index contributed by atoms with van der Waals surface area (Å²) in [6, 6.07) is 16.8. The van der Waals surface area contributed by atoms with Crippen LogP contribution in [0.1, 0.15) is 36.6 Å². The molecule has 2 aromatic rings. The van der Waals surface area contributed by atoms with Gasteiger partial charge in [-0.2, -0.15) is 5.26 Å². The van der Waals surface area contributed by atoms with Crippen LogP contribution in [0.4, 0.5) is 0 Å². The van der Waals surface area contributed by atoms with E-state index in [-0.39, 0.29) is 11.9 Å². The second-order valence-electron chi connectivity index (χ2n) is 5.45. The van der Waals surface area contributed by atoms with Gasteiger partial charge in [0.05, 0.1) is 11.6 Å². The average molecular weight is 308 g/mol. The Kier molecular flexibility index (Phi) is 5.37. The van der Waals surface area contributed by atoms with Crippen molar-refractivity contribution >= 4 is 5.91 Å². The molecule has 4 nitrogen and oxygen atoms in total. The molecule has 0 radical (unpaired) electrons. The van der Waals surface area contributed by atoms with E-state index in [1.807, 2.05) is 38.1 Å². The Bertz CT molecular complexity index is 734. The first-order valence-corrected chi connectivity index (χ1v) is 7.54. The number of amides is 1. The molecular formula is C19H20N2O2. The van der Waals surface area contributed by atoms with Crippen LogP contribution in [0, 0.1) is 18.3 Å². The summed E-state index contributed by atoms with van der Waals surface area (Å²) in [6.45, 7) is 5.63. The lowest BCUT2D eigenvalue weighted by Crippen LogP contribution is -2.38. The number of carbonyl (C=O) groups excluding carboxylic acids is 1. The van der Waals surface area contributed by atoms with Crippen LogP contribution >= 0.6 is 0 Å². The van der Waals surface area contributed by atoms with Gasteiger partial charge in [0.25, 0.3) is 5.91 Å². The second-order valence-corrected chi connectivity index (χ2v) is 5.45. The van der Waals surface area contributed by atoms with Gasteiger partial charge in [0.1, 0.15) is 11.8 Å². The molecule has 2 rings (SSSR count). The number of para-hydroxylation sites is 1. The second kappa shape index (κ2) is 7.46. The average Bonchev–Trinajstić information content (AvgIpc) is 2.55. The molecule has 2 aromatic carbocycles. The summed E-state index contributed by atoms with van der Waals surface area (Å²) >= 11 is 0. The molecule has 1 amide bonds. The monoisotopic (exact) mass is 308 g/mol.